The van der Waals surface area contributed by atoms with Gasteiger partial charge in [-0.3, -0.25) is 0 Å². The smallest absolute Gasteiger partial charge is 0.126 e. The van der Waals surface area contributed by atoms with Crippen LogP contribution in [0.25, 0.3) is 10.6 Å². The lowest BCUT2D eigenvalue weighted by Gasteiger charge is -2.05. The van der Waals surface area contributed by atoms with Gasteiger partial charge in [-0.2, -0.15) is 0 Å². The fourth-order valence-electron chi connectivity index (χ4n) is 1.17. The first-order valence-electron chi connectivity index (χ1n) is 3.83. The molecule has 5 heteroatoms. The highest BCUT2D eigenvalue weighted by atomic mass is 35.5. The molecule has 1 heterocycles. The van der Waals surface area contributed by atoms with Gasteiger partial charge in [0.1, 0.15) is 5.01 Å². The molecule has 0 spiro atoms. The highest BCUT2D eigenvalue weighted by Gasteiger charge is 2.10. The lowest BCUT2D eigenvalue weighted by molar-refractivity contribution is 1.41. The summed E-state index contributed by atoms with van der Waals surface area (Å²) in [6.45, 7) is 0. The van der Waals surface area contributed by atoms with Gasteiger partial charge >= 0.3 is 0 Å². The van der Waals surface area contributed by atoms with Crippen LogP contribution in [0.5, 0.6) is 0 Å². The van der Waals surface area contributed by atoms with Crippen molar-refractivity contribution in [3.63, 3.8) is 0 Å². The van der Waals surface area contributed by atoms with Crippen molar-refractivity contribution < 1.29 is 0 Å². The SMILES string of the molecule is Nc1cc(Cl)cc(Cl)c1-c1nccs1. The predicted octanol–water partition coefficient (Wildman–Crippen LogP) is 3.70. The van der Waals surface area contributed by atoms with Gasteiger partial charge < -0.3 is 5.73 Å². The van der Waals surface area contributed by atoms with Gasteiger partial charge in [0.05, 0.1) is 10.6 Å². The van der Waals surface area contributed by atoms with Crippen LogP contribution in [0.15, 0.2) is 23.7 Å². The van der Waals surface area contributed by atoms with E-state index >= 15 is 0 Å². The summed E-state index contributed by atoms with van der Waals surface area (Å²) in [6.07, 6.45) is 1.71. The molecule has 2 aromatic rings. The van der Waals surface area contributed by atoms with Gasteiger partial charge in [-0.05, 0) is 12.1 Å². The number of aromatic nitrogens is 1. The normalized spacial score (nSPS) is 10.4. The first-order chi connectivity index (χ1) is 6.68. The second-order valence-corrected chi connectivity index (χ2v) is 4.43. The van der Waals surface area contributed by atoms with E-state index in [0.717, 1.165) is 10.6 Å². The molecule has 0 radical (unpaired) electrons. The minimum Gasteiger partial charge on any atom is -0.398 e. The molecule has 2 rings (SSSR count). The summed E-state index contributed by atoms with van der Waals surface area (Å²) in [7, 11) is 0. The van der Waals surface area contributed by atoms with E-state index in [2.05, 4.69) is 4.98 Å². The minimum atomic E-state index is 0.532. The molecule has 0 bridgehead atoms. The predicted molar refractivity (Wildman–Crippen MR) is 62.0 cm³/mol. The maximum absolute atomic E-state index is 6.03. The van der Waals surface area contributed by atoms with Gasteiger partial charge in [-0.15, -0.1) is 11.3 Å². The summed E-state index contributed by atoms with van der Waals surface area (Å²) in [5.74, 6) is 0. The Morgan fingerprint density at radius 2 is 2.07 bits per heavy atom. The third-order valence-electron chi connectivity index (χ3n) is 1.73. The van der Waals surface area contributed by atoms with Crippen molar-refractivity contribution in [2.24, 2.45) is 0 Å². The van der Waals surface area contributed by atoms with Crippen LogP contribution in [0, 0.1) is 0 Å². The van der Waals surface area contributed by atoms with E-state index in [9.17, 15) is 0 Å². The molecule has 0 unspecified atom stereocenters. The Labute approximate surface area is 95.3 Å². The Morgan fingerprint density at radius 1 is 1.29 bits per heavy atom. The monoisotopic (exact) mass is 244 g/mol. The number of hydrogen-bond donors (Lipinski definition) is 1. The van der Waals surface area contributed by atoms with Crippen LogP contribution in [0.2, 0.25) is 10.0 Å². The number of hydrogen-bond acceptors (Lipinski definition) is 3. The van der Waals surface area contributed by atoms with Crippen molar-refractivity contribution in [2.75, 3.05) is 5.73 Å². The van der Waals surface area contributed by atoms with Gasteiger partial charge in [0.2, 0.25) is 0 Å². The third-order valence-corrected chi connectivity index (χ3v) is 3.04. The standard InChI is InChI=1S/C9H6Cl2N2S/c10-5-3-6(11)8(7(12)4-5)9-13-1-2-14-9/h1-4H,12H2. The Morgan fingerprint density at radius 3 is 2.64 bits per heavy atom. The Balaban J connectivity index is 2.64. The lowest BCUT2D eigenvalue weighted by Crippen LogP contribution is -1.90. The minimum absolute atomic E-state index is 0.532. The molecule has 0 aliphatic carbocycles. The number of benzene rings is 1. The van der Waals surface area contributed by atoms with E-state index in [1.807, 2.05) is 5.38 Å². The number of anilines is 1. The largest absolute Gasteiger partial charge is 0.398 e. The van der Waals surface area contributed by atoms with Gasteiger partial charge in [-0.25, -0.2) is 4.98 Å². The second kappa shape index (κ2) is 3.77. The van der Waals surface area contributed by atoms with Crippen molar-refractivity contribution in [3.05, 3.63) is 33.8 Å². The first-order valence-corrected chi connectivity index (χ1v) is 5.46. The number of nitrogens with two attached hydrogens (primary N) is 1. The van der Waals surface area contributed by atoms with Crippen molar-refractivity contribution >= 4 is 40.2 Å². The molecule has 0 amide bonds. The van der Waals surface area contributed by atoms with E-state index in [1.165, 1.54) is 11.3 Å². The summed E-state index contributed by atoms with van der Waals surface area (Å²) in [5.41, 5.74) is 7.12. The van der Waals surface area contributed by atoms with Crippen LogP contribution >= 0.6 is 34.5 Å². The molecular weight excluding hydrogens is 239 g/mol. The molecule has 2 N–H and O–H groups in total. The maximum atomic E-state index is 6.03. The molecule has 0 fully saturated rings. The van der Waals surface area contributed by atoms with Crippen molar-refractivity contribution in [1.29, 1.82) is 0 Å². The molecule has 0 aliphatic rings. The highest BCUT2D eigenvalue weighted by molar-refractivity contribution is 7.13. The number of halogens is 2. The van der Waals surface area contributed by atoms with E-state index in [0.29, 0.717) is 15.7 Å². The molecule has 14 heavy (non-hydrogen) atoms. The Bertz CT molecular complexity index is 431. The highest BCUT2D eigenvalue weighted by Crippen LogP contribution is 2.36. The summed E-state index contributed by atoms with van der Waals surface area (Å²) in [5, 5.41) is 3.75. The van der Waals surface area contributed by atoms with E-state index in [-0.39, 0.29) is 0 Å². The van der Waals surface area contributed by atoms with Crippen molar-refractivity contribution in [3.8, 4) is 10.6 Å². The van der Waals surface area contributed by atoms with Crippen LogP contribution in [-0.4, -0.2) is 4.98 Å². The first kappa shape index (κ1) is 9.77. The number of nitrogens with zero attached hydrogens (tertiary/aromatic N) is 1. The molecule has 0 saturated carbocycles. The summed E-state index contributed by atoms with van der Waals surface area (Å²) >= 11 is 13.3. The van der Waals surface area contributed by atoms with E-state index in [1.54, 1.807) is 18.3 Å². The fourth-order valence-corrected chi connectivity index (χ4v) is 2.54. The molecule has 0 atom stereocenters. The van der Waals surface area contributed by atoms with Crippen LogP contribution in [0.4, 0.5) is 5.69 Å². The van der Waals surface area contributed by atoms with Crippen LogP contribution < -0.4 is 5.73 Å². The topological polar surface area (TPSA) is 38.9 Å². The maximum Gasteiger partial charge on any atom is 0.126 e. The van der Waals surface area contributed by atoms with Crippen LogP contribution in [0.3, 0.4) is 0 Å². The van der Waals surface area contributed by atoms with Gasteiger partial charge in [0.15, 0.2) is 0 Å². The van der Waals surface area contributed by atoms with Crippen molar-refractivity contribution in [1.82, 2.24) is 4.98 Å². The molecular formula is C9H6Cl2N2S. The third kappa shape index (κ3) is 1.71. The number of rotatable bonds is 1. The fraction of sp³-hybridized carbons (Fsp3) is 0. The average molecular weight is 245 g/mol. The summed E-state index contributed by atoms with van der Waals surface area (Å²) in [6, 6.07) is 3.33. The Kier molecular flexibility index (Phi) is 2.63. The molecule has 0 aliphatic heterocycles. The lowest BCUT2D eigenvalue weighted by atomic mass is 10.2. The van der Waals surface area contributed by atoms with Crippen molar-refractivity contribution in [2.45, 2.75) is 0 Å². The molecule has 1 aromatic carbocycles. The Hall–Kier alpha value is -0.770. The second-order valence-electron chi connectivity index (χ2n) is 2.69. The van der Waals surface area contributed by atoms with Crippen LogP contribution in [-0.2, 0) is 0 Å². The van der Waals surface area contributed by atoms with Gasteiger partial charge in [-0.1, -0.05) is 23.2 Å². The molecule has 0 saturated heterocycles. The molecule has 1 aromatic heterocycles. The summed E-state index contributed by atoms with van der Waals surface area (Å²) < 4.78 is 0. The van der Waals surface area contributed by atoms with Gasteiger partial charge in [0.25, 0.3) is 0 Å². The zero-order valence-electron chi connectivity index (χ0n) is 7.00. The zero-order valence-corrected chi connectivity index (χ0v) is 9.33. The molecule has 2 nitrogen and oxygen atoms in total. The molecule has 72 valence electrons. The van der Waals surface area contributed by atoms with E-state index in [4.69, 9.17) is 28.9 Å². The summed E-state index contributed by atoms with van der Waals surface area (Å²) in [4.78, 5) is 4.15. The number of thiazole rings is 1. The van der Waals surface area contributed by atoms with Gasteiger partial charge in [0, 0.05) is 22.3 Å². The average Bonchev–Trinajstić information content (AvgIpc) is 2.54. The quantitative estimate of drug-likeness (QED) is 0.778. The number of nitrogen functional groups attached to an aromatic ring is 1. The van der Waals surface area contributed by atoms with E-state index < -0.39 is 0 Å². The van der Waals surface area contributed by atoms with Crippen LogP contribution in [0.1, 0.15) is 0 Å². The zero-order chi connectivity index (χ0) is 10.1.